The first kappa shape index (κ1) is 10.2. The molecule has 0 saturated carbocycles. The molecule has 0 radical (unpaired) electrons. The molecule has 0 spiro atoms. The number of benzene rings is 2. The summed E-state index contributed by atoms with van der Waals surface area (Å²) >= 11 is 0. The van der Waals surface area contributed by atoms with Gasteiger partial charge in [-0.05, 0) is 23.8 Å². The Labute approximate surface area is 99.2 Å². The lowest BCUT2D eigenvalue weighted by Crippen LogP contribution is -2.13. The highest BCUT2D eigenvalue weighted by Gasteiger charge is 2.24. The Morgan fingerprint density at radius 1 is 1.12 bits per heavy atom. The normalized spacial score (nSPS) is 16.7. The van der Waals surface area contributed by atoms with Gasteiger partial charge in [0.05, 0.1) is 7.11 Å². The minimum Gasteiger partial charge on any atom is -0.497 e. The summed E-state index contributed by atoms with van der Waals surface area (Å²) in [6, 6.07) is 13.3. The largest absolute Gasteiger partial charge is 0.497 e. The van der Waals surface area contributed by atoms with Gasteiger partial charge in [-0.2, -0.15) is 0 Å². The predicted octanol–water partition coefficient (Wildman–Crippen LogP) is 2.75. The molecule has 1 N–H and O–H groups in total. The maximum atomic E-state index is 9.95. The Bertz CT molecular complexity index is 563. The maximum Gasteiger partial charge on any atom is 0.225 e. The van der Waals surface area contributed by atoms with Crippen molar-refractivity contribution in [3.05, 3.63) is 48.0 Å². The van der Waals surface area contributed by atoms with Crippen LogP contribution in [0, 0.1) is 0 Å². The van der Waals surface area contributed by atoms with E-state index < -0.39 is 6.29 Å². The zero-order valence-corrected chi connectivity index (χ0v) is 9.38. The number of fused-ring (bicyclic) bond motifs is 3. The van der Waals surface area contributed by atoms with E-state index in [0.717, 1.165) is 16.7 Å². The monoisotopic (exact) mass is 228 g/mol. The Balaban J connectivity index is 2.22. The molecule has 1 heterocycles. The summed E-state index contributed by atoms with van der Waals surface area (Å²) in [5.74, 6) is 1.42. The molecule has 0 amide bonds. The Hall–Kier alpha value is -2.00. The van der Waals surface area contributed by atoms with Gasteiger partial charge in [-0.3, -0.25) is 0 Å². The summed E-state index contributed by atoms with van der Waals surface area (Å²) in [5.41, 5.74) is 2.72. The van der Waals surface area contributed by atoms with Crippen molar-refractivity contribution in [2.24, 2.45) is 0 Å². The van der Waals surface area contributed by atoms with E-state index in [1.807, 2.05) is 36.4 Å². The lowest BCUT2D eigenvalue weighted by molar-refractivity contribution is -0.0214. The number of methoxy groups -OCH3 is 1. The minimum absolute atomic E-state index is 0.706. The summed E-state index contributed by atoms with van der Waals surface area (Å²) in [7, 11) is 1.60. The van der Waals surface area contributed by atoms with E-state index >= 15 is 0 Å². The molecule has 3 rings (SSSR count). The van der Waals surface area contributed by atoms with Crippen molar-refractivity contribution in [1.29, 1.82) is 0 Å². The van der Waals surface area contributed by atoms with Crippen molar-refractivity contribution in [3.8, 4) is 22.6 Å². The molecule has 2 aromatic carbocycles. The van der Waals surface area contributed by atoms with Gasteiger partial charge in [0.1, 0.15) is 11.5 Å². The number of rotatable bonds is 1. The molecule has 1 aliphatic rings. The summed E-state index contributed by atoms with van der Waals surface area (Å²) in [4.78, 5) is 0. The van der Waals surface area contributed by atoms with Crippen LogP contribution in [0.15, 0.2) is 42.5 Å². The average Bonchev–Trinajstić information content (AvgIpc) is 2.38. The van der Waals surface area contributed by atoms with Crippen LogP contribution >= 0.6 is 0 Å². The quantitative estimate of drug-likeness (QED) is 0.815. The van der Waals surface area contributed by atoms with Crippen molar-refractivity contribution in [1.82, 2.24) is 0 Å². The fraction of sp³-hybridized carbons (Fsp3) is 0.143. The van der Waals surface area contributed by atoms with E-state index in [0.29, 0.717) is 11.5 Å². The maximum absolute atomic E-state index is 9.95. The predicted molar refractivity (Wildman–Crippen MR) is 64.0 cm³/mol. The van der Waals surface area contributed by atoms with Gasteiger partial charge in [-0.1, -0.05) is 24.3 Å². The van der Waals surface area contributed by atoms with Crippen LogP contribution in [-0.4, -0.2) is 12.2 Å². The van der Waals surface area contributed by atoms with E-state index in [4.69, 9.17) is 9.47 Å². The van der Waals surface area contributed by atoms with Crippen molar-refractivity contribution in [2.75, 3.05) is 7.11 Å². The van der Waals surface area contributed by atoms with Gasteiger partial charge in [0.2, 0.25) is 6.29 Å². The molecule has 1 atom stereocenters. The van der Waals surface area contributed by atoms with Gasteiger partial charge < -0.3 is 14.6 Å². The van der Waals surface area contributed by atoms with E-state index in [-0.39, 0.29) is 0 Å². The second kappa shape index (κ2) is 3.79. The zero-order valence-electron chi connectivity index (χ0n) is 9.38. The lowest BCUT2D eigenvalue weighted by atomic mass is 9.96. The number of ether oxygens (including phenoxy) is 2. The van der Waals surface area contributed by atoms with Crippen LogP contribution in [0.2, 0.25) is 0 Å². The zero-order chi connectivity index (χ0) is 11.8. The second-order valence-electron chi connectivity index (χ2n) is 3.92. The molecular weight excluding hydrogens is 216 g/mol. The molecule has 0 saturated heterocycles. The van der Waals surface area contributed by atoms with Gasteiger partial charge in [0.15, 0.2) is 0 Å². The highest BCUT2D eigenvalue weighted by atomic mass is 16.6. The van der Waals surface area contributed by atoms with Crippen LogP contribution in [0.5, 0.6) is 11.5 Å². The first-order valence-electron chi connectivity index (χ1n) is 5.41. The molecule has 3 heteroatoms. The fourth-order valence-electron chi connectivity index (χ4n) is 2.09. The smallest absolute Gasteiger partial charge is 0.225 e. The molecule has 2 aromatic rings. The van der Waals surface area contributed by atoms with Crippen molar-refractivity contribution >= 4 is 0 Å². The molecule has 1 unspecified atom stereocenters. The summed E-state index contributed by atoms with van der Waals surface area (Å²) < 4.78 is 10.6. The van der Waals surface area contributed by atoms with Crippen molar-refractivity contribution in [2.45, 2.75) is 6.29 Å². The summed E-state index contributed by atoms with van der Waals surface area (Å²) in [5, 5.41) is 9.95. The van der Waals surface area contributed by atoms with E-state index in [9.17, 15) is 5.11 Å². The third-order valence-electron chi connectivity index (χ3n) is 2.94. The van der Waals surface area contributed by atoms with Crippen molar-refractivity contribution < 1.29 is 14.6 Å². The van der Waals surface area contributed by atoms with Gasteiger partial charge in [-0.15, -0.1) is 0 Å². The highest BCUT2D eigenvalue weighted by Crippen LogP contribution is 2.42. The fourth-order valence-corrected chi connectivity index (χ4v) is 2.09. The molecule has 86 valence electrons. The van der Waals surface area contributed by atoms with E-state index in [1.165, 1.54) is 0 Å². The third-order valence-corrected chi connectivity index (χ3v) is 2.94. The van der Waals surface area contributed by atoms with Crippen LogP contribution in [-0.2, 0) is 0 Å². The third kappa shape index (κ3) is 1.56. The van der Waals surface area contributed by atoms with Crippen LogP contribution in [0.3, 0.4) is 0 Å². The number of aliphatic hydroxyl groups is 1. The molecule has 0 bridgehead atoms. The van der Waals surface area contributed by atoms with Gasteiger partial charge in [-0.25, -0.2) is 0 Å². The van der Waals surface area contributed by atoms with E-state index in [2.05, 4.69) is 0 Å². The molecule has 1 aliphatic heterocycles. The Kier molecular flexibility index (Phi) is 2.27. The van der Waals surface area contributed by atoms with Crippen LogP contribution < -0.4 is 9.47 Å². The molecule has 0 fully saturated rings. The van der Waals surface area contributed by atoms with Crippen LogP contribution in [0.4, 0.5) is 0 Å². The molecule has 3 nitrogen and oxygen atoms in total. The number of para-hydroxylation sites is 1. The topological polar surface area (TPSA) is 38.7 Å². The summed E-state index contributed by atoms with van der Waals surface area (Å²) in [6.45, 7) is 0. The van der Waals surface area contributed by atoms with Gasteiger partial charge in [0.25, 0.3) is 0 Å². The SMILES string of the molecule is COc1ccc2c(c1)C(O)Oc1ccccc1-2. The van der Waals surface area contributed by atoms with Crippen LogP contribution in [0.1, 0.15) is 11.9 Å². The van der Waals surface area contributed by atoms with E-state index in [1.54, 1.807) is 13.2 Å². The number of hydrogen-bond donors (Lipinski definition) is 1. The Morgan fingerprint density at radius 3 is 2.76 bits per heavy atom. The lowest BCUT2D eigenvalue weighted by Gasteiger charge is -2.25. The standard InChI is InChI=1S/C14H12O3/c1-16-9-6-7-10-11-4-2-3-5-13(11)17-14(15)12(10)8-9/h2-8,14-15H,1H3. The van der Waals surface area contributed by atoms with Gasteiger partial charge >= 0.3 is 0 Å². The molecule has 0 aliphatic carbocycles. The summed E-state index contributed by atoms with van der Waals surface area (Å²) in [6.07, 6.45) is -0.935. The minimum atomic E-state index is -0.935. The number of hydrogen-bond acceptors (Lipinski definition) is 3. The average molecular weight is 228 g/mol. The van der Waals surface area contributed by atoms with Gasteiger partial charge in [0, 0.05) is 11.1 Å². The molecule has 17 heavy (non-hydrogen) atoms. The number of aliphatic hydroxyl groups excluding tert-OH is 1. The second-order valence-corrected chi connectivity index (χ2v) is 3.92. The Morgan fingerprint density at radius 2 is 1.94 bits per heavy atom. The van der Waals surface area contributed by atoms with Crippen LogP contribution in [0.25, 0.3) is 11.1 Å². The molecular formula is C14H12O3. The molecule has 0 aromatic heterocycles. The highest BCUT2D eigenvalue weighted by molar-refractivity contribution is 5.76. The first-order valence-corrected chi connectivity index (χ1v) is 5.41. The first-order chi connectivity index (χ1) is 8.29. The van der Waals surface area contributed by atoms with Crippen molar-refractivity contribution in [3.63, 3.8) is 0 Å².